The van der Waals surface area contributed by atoms with Crippen molar-refractivity contribution in [3.05, 3.63) is 53.1 Å². The van der Waals surface area contributed by atoms with Gasteiger partial charge in [0.15, 0.2) is 0 Å². The van der Waals surface area contributed by atoms with Gasteiger partial charge in [-0.1, -0.05) is 79.7 Å². The van der Waals surface area contributed by atoms with Crippen LogP contribution in [0.3, 0.4) is 0 Å². The van der Waals surface area contributed by atoms with Crippen LogP contribution in [-0.2, 0) is 0 Å². The van der Waals surface area contributed by atoms with Crippen molar-refractivity contribution in [1.29, 1.82) is 0 Å². The van der Waals surface area contributed by atoms with Crippen molar-refractivity contribution in [1.82, 2.24) is 0 Å². The Kier molecular flexibility index (Phi) is 3.87. The van der Waals surface area contributed by atoms with Gasteiger partial charge in [0.05, 0.1) is 8.07 Å². The first-order valence-corrected chi connectivity index (χ1v) is 10.4. The highest BCUT2D eigenvalue weighted by Crippen LogP contribution is 2.33. The highest BCUT2D eigenvalue weighted by atomic mass is 28.3. The molecule has 0 aromatic heterocycles. The van der Waals surface area contributed by atoms with Crippen LogP contribution in [0.25, 0.3) is 0 Å². The Bertz CT molecular complexity index is 512. The summed E-state index contributed by atoms with van der Waals surface area (Å²) in [6.45, 7) is 14.0. The van der Waals surface area contributed by atoms with E-state index in [0.29, 0.717) is 11.5 Å². The average Bonchev–Trinajstić information content (AvgIpc) is 2.77. The van der Waals surface area contributed by atoms with E-state index in [0.717, 1.165) is 0 Å². The Morgan fingerprint density at radius 1 is 1.00 bits per heavy atom. The van der Waals surface area contributed by atoms with Crippen molar-refractivity contribution in [2.45, 2.75) is 46.3 Å². The average molecular weight is 270 g/mol. The van der Waals surface area contributed by atoms with Gasteiger partial charge in [0, 0.05) is 0 Å². The number of hydrogen-bond acceptors (Lipinski definition) is 0. The van der Waals surface area contributed by atoms with Crippen molar-refractivity contribution >= 4 is 13.3 Å². The molecule has 0 amide bonds. The maximum atomic E-state index is 2.51. The Hall–Kier alpha value is -1.08. The highest BCUT2D eigenvalue weighted by Gasteiger charge is 2.33. The van der Waals surface area contributed by atoms with E-state index in [1.165, 1.54) is 16.7 Å². The van der Waals surface area contributed by atoms with Crippen LogP contribution in [0, 0.1) is 19.8 Å². The summed E-state index contributed by atoms with van der Waals surface area (Å²) in [7, 11) is -1.46. The maximum absolute atomic E-state index is 2.51. The maximum Gasteiger partial charge on any atom is 0.0912 e. The van der Waals surface area contributed by atoms with Crippen LogP contribution in [0.4, 0.5) is 0 Å². The van der Waals surface area contributed by atoms with Crippen LogP contribution in [0.15, 0.2) is 42.0 Å². The number of benzene rings is 1. The van der Waals surface area contributed by atoms with Crippen molar-refractivity contribution in [2.24, 2.45) is 5.92 Å². The van der Waals surface area contributed by atoms with Gasteiger partial charge in [-0.2, -0.15) is 0 Å². The van der Waals surface area contributed by atoms with Crippen molar-refractivity contribution in [2.75, 3.05) is 0 Å². The van der Waals surface area contributed by atoms with Gasteiger partial charge in [0.25, 0.3) is 0 Å². The minimum Gasteiger partial charge on any atom is -0.0797 e. The van der Waals surface area contributed by atoms with Crippen LogP contribution < -0.4 is 5.19 Å². The fourth-order valence-corrected chi connectivity index (χ4v) is 5.68. The van der Waals surface area contributed by atoms with Gasteiger partial charge in [0.1, 0.15) is 0 Å². The van der Waals surface area contributed by atoms with Gasteiger partial charge >= 0.3 is 0 Å². The lowest BCUT2D eigenvalue weighted by Crippen LogP contribution is -2.44. The summed E-state index contributed by atoms with van der Waals surface area (Å²) < 4.78 is 0. The minimum atomic E-state index is -1.46. The molecule has 19 heavy (non-hydrogen) atoms. The van der Waals surface area contributed by atoms with Crippen molar-refractivity contribution in [3.8, 4) is 0 Å². The SMILES string of the molecule is Cc1cc(C)cc([Si](C)(C)C2C=CC(C(C)C)=C2)c1. The fraction of sp³-hybridized carbons (Fsp3) is 0.444. The highest BCUT2D eigenvalue weighted by molar-refractivity contribution is 6.91. The van der Waals surface area contributed by atoms with Crippen LogP contribution in [0.1, 0.15) is 25.0 Å². The summed E-state index contributed by atoms with van der Waals surface area (Å²) in [5.74, 6) is 0.644. The molecule has 0 spiro atoms. The van der Waals surface area contributed by atoms with E-state index < -0.39 is 8.07 Å². The van der Waals surface area contributed by atoms with E-state index in [2.05, 4.69) is 77.2 Å². The van der Waals surface area contributed by atoms with Gasteiger partial charge in [-0.05, 0) is 30.9 Å². The van der Waals surface area contributed by atoms with Crippen LogP contribution in [0.5, 0.6) is 0 Å². The molecule has 0 bridgehead atoms. The molecule has 0 aliphatic heterocycles. The molecule has 2 rings (SSSR count). The van der Waals surface area contributed by atoms with Crippen molar-refractivity contribution < 1.29 is 0 Å². The molecule has 102 valence electrons. The van der Waals surface area contributed by atoms with E-state index in [1.54, 1.807) is 5.19 Å². The second-order valence-corrected chi connectivity index (χ2v) is 11.5. The van der Waals surface area contributed by atoms with E-state index in [9.17, 15) is 0 Å². The number of hydrogen-bond donors (Lipinski definition) is 0. The lowest BCUT2D eigenvalue weighted by Gasteiger charge is -2.28. The Balaban J connectivity index is 2.36. The quantitative estimate of drug-likeness (QED) is 0.696. The summed E-state index contributed by atoms with van der Waals surface area (Å²) in [6.07, 6.45) is 7.28. The van der Waals surface area contributed by atoms with E-state index >= 15 is 0 Å². The molecule has 1 aromatic carbocycles. The molecule has 0 N–H and O–H groups in total. The first-order chi connectivity index (χ1) is 8.80. The summed E-state index contributed by atoms with van der Waals surface area (Å²) >= 11 is 0. The summed E-state index contributed by atoms with van der Waals surface area (Å²) in [5.41, 5.74) is 4.94. The van der Waals surface area contributed by atoms with Gasteiger partial charge < -0.3 is 0 Å². The van der Waals surface area contributed by atoms with Crippen LogP contribution >= 0.6 is 0 Å². The molecule has 1 unspecified atom stereocenters. The zero-order chi connectivity index (χ0) is 14.2. The normalized spacial score (nSPS) is 19.1. The predicted molar refractivity (Wildman–Crippen MR) is 88.8 cm³/mol. The molecule has 0 heterocycles. The monoisotopic (exact) mass is 270 g/mol. The Labute approximate surface area is 119 Å². The third-order valence-corrected chi connectivity index (χ3v) is 8.14. The van der Waals surface area contributed by atoms with Crippen LogP contribution in [0.2, 0.25) is 18.6 Å². The summed E-state index contributed by atoms with van der Waals surface area (Å²) in [4.78, 5) is 0. The topological polar surface area (TPSA) is 0 Å². The summed E-state index contributed by atoms with van der Waals surface area (Å²) in [5, 5.41) is 1.58. The number of aryl methyl sites for hydroxylation is 2. The standard InChI is InChI=1S/C18H26Si/c1-13(2)16-7-8-17(12-16)19(5,6)18-10-14(3)9-15(4)11-18/h7-13,17H,1-6H3. The molecule has 0 saturated heterocycles. The molecular formula is C18H26Si. The third kappa shape index (κ3) is 2.92. The molecule has 0 saturated carbocycles. The molecule has 0 fully saturated rings. The van der Waals surface area contributed by atoms with Crippen molar-refractivity contribution in [3.63, 3.8) is 0 Å². The first-order valence-electron chi connectivity index (χ1n) is 7.29. The Morgan fingerprint density at radius 3 is 2.05 bits per heavy atom. The van der Waals surface area contributed by atoms with E-state index in [-0.39, 0.29) is 0 Å². The van der Waals surface area contributed by atoms with E-state index in [4.69, 9.17) is 0 Å². The predicted octanol–water partition coefficient (Wildman–Crippen LogP) is 4.74. The lowest BCUT2D eigenvalue weighted by atomic mass is 10.1. The number of allylic oxidation sites excluding steroid dienone is 4. The first kappa shape index (κ1) is 14.3. The molecule has 1 atom stereocenters. The lowest BCUT2D eigenvalue weighted by molar-refractivity contribution is 0.792. The zero-order valence-electron chi connectivity index (χ0n) is 13.1. The van der Waals surface area contributed by atoms with Gasteiger partial charge in [0.2, 0.25) is 0 Å². The third-order valence-electron chi connectivity index (χ3n) is 4.33. The summed E-state index contributed by atoms with van der Waals surface area (Å²) in [6, 6.07) is 7.07. The van der Waals surface area contributed by atoms with Gasteiger partial charge in [-0.25, -0.2) is 0 Å². The molecule has 1 heteroatoms. The molecule has 1 aromatic rings. The largest absolute Gasteiger partial charge is 0.0912 e. The molecule has 1 aliphatic carbocycles. The molecule has 0 nitrogen and oxygen atoms in total. The molecule has 0 radical (unpaired) electrons. The Morgan fingerprint density at radius 2 is 1.58 bits per heavy atom. The molecular weight excluding hydrogens is 244 g/mol. The van der Waals surface area contributed by atoms with Gasteiger partial charge in [-0.3, -0.25) is 0 Å². The second kappa shape index (κ2) is 5.13. The minimum absolute atomic E-state index is 0.644. The fourth-order valence-electron chi connectivity index (χ4n) is 2.91. The smallest absolute Gasteiger partial charge is 0.0797 e. The zero-order valence-corrected chi connectivity index (χ0v) is 14.1. The number of rotatable bonds is 3. The van der Waals surface area contributed by atoms with Gasteiger partial charge in [-0.15, -0.1) is 0 Å². The second-order valence-electron chi connectivity index (χ2n) is 6.80. The molecule has 1 aliphatic rings. The van der Waals surface area contributed by atoms with E-state index in [1.807, 2.05) is 0 Å². The van der Waals surface area contributed by atoms with Crippen LogP contribution in [-0.4, -0.2) is 8.07 Å².